The van der Waals surface area contributed by atoms with Crippen LogP contribution in [-0.2, 0) is 29.1 Å². The van der Waals surface area contributed by atoms with E-state index >= 15 is 0 Å². The number of ether oxygens (including phenoxy) is 1. The monoisotopic (exact) mass is 499 g/mol. The van der Waals surface area contributed by atoms with Gasteiger partial charge in [-0.25, -0.2) is 4.39 Å². The van der Waals surface area contributed by atoms with Crippen molar-refractivity contribution in [1.82, 2.24) is 15.6 Å². The van der Waals surface area contributed by atoms with Gasteiger partial charge in [-0.15, -0.1) is 6.42 Å². The van der Waals surface area contributed by atoms with Crippen LogP contribution in [0, 0.1) is 32.0 Å². The molecule has 4 aromatic rings. The number of benzene rings is 3. The van der Waals surface area contributed by atoms with E-state index in [1.807, 2.05) is 0 Å². The Labute approximate surface area is 218 Å². The summed E-state index contributed by atoms with van der Waals surface area (Å²) in [5.41, 5.74) is 7.43. The zero-order valence-electron chi connectivity index (χ0n) is 21.4. The van der Waals surface area contributed by atoms with Crippen molar-refractivity contribution in [1.29, 1.82) is 0 Å². The summed E-state index contributed by atoms with van der Waals surface area (Å²) in [4.78, 5) is 14.5. The van der Waals surface area contributed by atoms with Crippen LogP contribution in [0.25, 0.3) is 10.9 Å². The number of carbonyl (C=O) groups excluding carboxylic acids is 1. The number of aryl methyl sites for hydroxylation is 2. The van der Waals surface area contributed by atoms with Crippen molar-refractivity contribution < 1.29 is 13.9 Å². The van der Waals surface area contributed by atoms with Crippen molar-refractivity contribution in [3.8, 4) is 12.3 Å². The second-order valence-corrected chi connectivity index (χ2v) is 8.79. The lowest BCUT2D eigenvalue weighted by Gasteiger charge is -2.06. The Morgan fingerprint density at radius 3 is 2.43 bits per heavy atom. The number of nitrogens with one attached hydrogen (secondary N) is 3. The number of aromatic amines is 1. The Bertz CT molecular complexity index is 1310. The van der Waals surface area contributed by atoms with Crippen LogP contribution in [0.4, 0.5) is 4.39 Å². The third-order valence-corrected chi connectivity index (χ3v) is 5.83. The number of amides is 1. The van der Waals surface area contributed by atoms with Crippen LogP contribution < -0.4 is 10.6 Å². The molecule has 0 fully saturated rings. The van der Waals surface area contributed by atoms with Crippen molar-refractivity contribution >= 4 is 16.8 Å². The maximum absolute atomic E-state index is 12.6. The van der Waals surface area contributed by atoms with Gasteiger partial charge in [-0.3, -0.25) is 4.79 Å². The second kappa shape index (κ2) is 14.6. The van der Waals surface area contributed by atoms with E-state index in [0.717, 1.165) is 25.1 Å². The smallest absolute Gasteiger partial charge is 0.246 e. The van der Waals surface area contributed by atoms with E-state index in [2.05, 4.69) is 83.9 Å². The summed E-state index contributed by atoms with van der Waals surface area (Å²) in [5, 5.41) is 7.36. The quantitative estimate of drug-likeness (QED) is 0.207. The lowest BCUT2D eigenvalue weighted by molar-refractivity contribution is -0.125. The van der Waals surface area contributed by atoms with Gasteiger partial charge in [0.05, 0.1) is 13.2 Å². The molecule has 0 atom stereocenters. The van der Waals surface area contributed by atoms with Gasteiger partial charge in [0.2, 0.25) is 5.91 Å². The number of terminal acetylenes is 1. The molecule has 1 amide bonds. The number of aromatic nitrogens is 1. The fourth-order valence-corrected chi connectivity index (χ4v) is 3.85. The normalized spacial score (nSPS) is 10.4. The van der Waals surface area contributed by atoms with Gasteiger partial charge < -0.3 is 20.4 Å². The highest BCUT2D eigenvalue weighted by atomic mass is 19.1. The molecule has 3 aromatic carbocycles. The van der Waals surface area contributed by atoms with Gasteiger partial charge in [0.15, 0.2) is 0 Å². The van der Waals surface area contributed by atoms with Crippen LogP contribution in [0.2, 0.25) is 0 Å². The van der Waals surface area contributed by atoms with Crippen LogP contribution in [0.15, 0.2) is 72.8 Å². The zero-order chi connectivity index (χ0) is 26.5. The molecule has 5 nitrogen and oxygen atoms in total. The van der Waals surface area contributed by atoms with E-state index in [4.69, 9.17) is 11.2 Å². The first-order valence-electron chi connectivity index (χ1n) is 12.3. The van der Waals surface area contributed by atoms with Gasteiger partial charge >= 0.3 is 0 Å². The minimum atomic E-state index is -0.296. The van der Waals surface area contributed by atoms with E-state index in [1.54, 1.807) is 12.1 Å². The lowest BCUT2D eigenvalue weighted by Crippen LogP contribution is -2.27. The summed E-state index contributed by atoms with van der Waals surface area (Å²) in [7, 11) is 0. The average molecular weight is 500 g/mol. The summed E-state index contributed by atoms with van der Waals surface area (Å²) in [6.07, 6.45) is 6.03. The lowest BCUT2D eigenvalue weighted by atomic mass is 10.1. The molecular formula is C31H34FN3O2. The van der Waals surface area contributed by atoms with Crippen LogP contribution in [0.5, 0.6) is 0 Å². The number of halogens is 1. The Balaban J connectivity index is 0.000000214. The molecule has 1 heterocycles. The summed E-state index contributed by atoms with van der Waals surface area (Å²) >= 11 is 0. The molecule has 1 aromatic heterocycles. The predicted octanol–water partition coefficient (Wildman–Crippen LogP) is 5.21. The second-order valence-electron chi connectivity index (χ2n) is 8.79. The van der Waals surface area contributed by atoms with Crippen LogP contribution >= 0.6 is 0 Å². The van der Waals surface area contributed by atoms with Crippen molar-refractivity contribution in [2.75, 3.05) is 19.7 Å². The largest absolute Gasteiger partial charge is 0.367 e. The van der Waals surface area contributed by atoms with Crippen molar-refractivity contribution in [2.45, 2.75) is 33.4 Å². The molecule has 0 aliphatic carbocycles. The molecular weight excluding hydrogens is 465 g/mol. The zero-order valence-corrected chi connectivity index (χ0v) is 21.4. The van der Waals surface area contributed by atoms with Gasteiger partial charge in [0.1, 0.15) is 12.4 Å². The molecule has 0 unspecified atom stereocenters. The minimum Gasteiger partial charge on any atom is -0.367 e. The van der Waals surface area contributed by atoms with Gasteiger partial charge in [0.25, 0.3) is 0 Å². The SMILES string of the molecule is C#CCNC(=O)COCc1ccc(F)cc1.Cc1ccc(CNCCc2c(C)[nH]c3ccccc23)cc1. The predicted molar refractivity (Wildman–Crippen MR) is 148 cm³/mol. The number of hydrogen-bond donors (Lipinski definition) is 3. The highest BCUT2D eigenvalue weighted by Gasteiger charge is 2.07. The van der Waals surface area contributed by atoms with Gasteiger partial charge in [-0.05, 0) is 61.7 Å². The first-order valence-corrected chi connectivity index (χ1v) is 12.3. The average Bonchev–Trinajstić information content (AvgIpc) is 3.23. The number of para-hydroxylation sites is 1. The Morgan fingerprint density at radius 2 is 1.70 bits per heavy atom. The molecule has 0 aliphatic heterocycles. The maximum Gasteiger partial charge on any atom is 0.246 e. The van der Waals surface area contributed by atoms with Crippen LogP contribution in [0.1, 0.15) is 27.9 Å². The van der Waals surface area contributed by atoms with E-state index < -0.39 is 0 Å². The van der Waals surface area contributed by atoms with Crippen LogP contribution in [-0.4, -0.2) is 30.6 Å². The Kier molecular flexibility index (Phi) is 10.9. The molecule has 0 aliphatic rings. The molecule has 6 heteroatoms. The molecule has 3 N–H and O–H groups in total. The molecule has 0 saturated carbocycles. The number of carbonyl (C=O) groups is 1. The van der Waals surface area contributed by atoms with Crippen molar-refractivity contribution in [2.24, 2.45) is 0 Å². The van der Waals surface area contributed by atoms with Crippen molar-refractivity contribution in [3.05, 3.63) is 107 Å². The third-order valence-electron chi connectivity index (χ3n) is 5.83. The molecule has 4 rings (SSSR count). The first-order chi connectivity index (χ1) is 18.0. The highest BCUT2D eigenvalue weighted by molar-refractivity contribution is 5.84. The minimum absolute atomic E-state index is 0.0565. The first kappa shape index (κ1) is 27.7. The molecule has 37 heavy (non-hydrogen) atoms. The summed E-state index contributed by atoms with van der Waals surface area (Å²) < 4.78 is 17.7. The third kappa shape index (κ3) is 9.23. The number of H-pyrrole nitrogens is 1. The standard InChI is InChI=1S/C19H22N2.C12H12FNO2/c1-14-7-9-16(10-8-14)13-20-12-11-17-15(2)21-19-6-4-3-5-18(17)19;1-2-7-14-12(15)9-16-8-10-3-5-11(13)6-4-10/h3-10,20-21H,11-13H2,1-2H3;1,3-6H,7-9H2,(H,14,15). The van der Waals surface area contributed by atoms with E-state index in [-0.39, 0.29) is 31.5 Å². The van der Waals surface area contributed by atoms with E-state index in [9.17, 15) is 9.18 Å². The molecule has 0 radical (unpaired) electrons. The Hall–Kier alpha value is -3.92. The van der Waals surface area contributed by atoms with E-state index in [1.165, 1.54) is 45.4 Å². The van der Waals surface area contributed by atoms with Gasteiger partial charge in [-0.2, -0.15) is 0 Å². The molecule has 192 valence electrons. The summed E-state index contributed by atoms with van der Waals surface area (Å²) in [6.45, 7) is 6.62. The molecule has 0 saturated heterocycles. The number of fused-ring (bicyclic) bond motifs is 1. The maximum atomic E-state index is 12.6. The highest BCUT2D eigenvalue weighted by Crippen LogP contribution is 2.21. The number of rotatable bonds is 10. The summed E-state index contributed by atoms with van der Waals surface area (Å²) in [6, 6.07) is 23.2. The summed E-state index contributed by atoms with van der Waals surface area (Å²) in [5.74, 6) is 1.72. The number of hydrogen-bond acceptors (Lipinski definition) is 3. The van der Waals surface area contributed by atoms with Crippen molar-refractivity contribution in [3.63, 3.8) is 0 Å². The van der Waals surface area contributed by atoms with Crippen LogP contribution in [0.3, 0.4) is 0 Å². The molecule has 0 bridgehead atoms. The van der Waals surface area contributed by atoms with Gasteiger partial charge in [0, 0.05) is 23.1 Å². The van der Waals surface area contributed by atoms with Gasteiger partial charge in [-0.1, -0.05) is 66.1 Å². The Morgan fingerprint density at radius 1 is 1.00 bits per heavy atom. The topological polar surface area (TPSA) is 66.2 Å². The molecule has 0 spiro atoms. The van der Waals surface area contributed by atoms with E-state index in [0.29, 0.717) is 0 Å². The fraction of sp³-hybridized carbons (Fsp3) is 0.258. The fourth-order valence-electron chi connectivity index (χ4n) is 3.85.